The van der Waals surface area contributed by atoms with Crippen LogP contribution < -0.4 is 0 Å². The lowest BCUT2D eigenvalue weighted by molar-refractivity contribution is 0.121. The molecule has 5 heteroatoms. The fraction of sp³-hybridized carbons (Fsp3) is 1.00. The lowest BCUT2D eigenvalue weighted by Gasteiger charge is -2.23. The zero-order valence-corrected chi connectivity index (χ0v) is 15.6. The Morgan fingerprint density at radius 1 is 1.05 bits per heavy atom. The van der Waals surface area contributed by atoms with E-state index < -0.39 is 7.82 Å². The van der Waals surface area contributed by atoms with Gasteiger partial charge in [0.15, 0.2) is 0 Å². The van der Waals surface area contributed by atoms with Gasteiger partial charge in [0.05, 0.1) is 13.2 Å². The van der Waals surface area contributed by atoms with Crippen LogP contribution in [-0.2, 0) is 13.6 Å². The van der Waals surface area contributed by atoms with Crippen molar-refractivity contribution < 1.29 is 18.5 Å². The average molecular weight is 322 g/mol. The van der Waals surface area contributed by atoms with Crippen LogP contribution in [-0.4, -0.2) is 18.1 Å². The van der Waals surface area contributed by atoms with Crippen molar-refractivity contribution in [1.82, 2.24) is 0 Å². The Labute approximate surface area is 131 Å². The van der Waals surface area contributed by atoms with Crippen molar-refractivity contribution in [2.45, 2.75) is 73.6 Å². The van der Waals surface area contributed by atoms with Crippen LogP contribution in [0.2, 0.25) is 0 Å². The molecule has 0 aromatic rings. The van der Waals surface area contributed by atoms with Crippen molar-refractivity contribution in [3.05, 3.63) is 0 Å². The molecular formula is C16H35O4P. The Morgan fingerprint density at radius 2 is 1.67 bits per heavy atom. The maximum Gasteiger partial charge on any atom is 0.472 e. The SMILES string of the molecule is CC(C)CCCCCOP(=O)(O)OCC(C)CC(C)(C)C. The van der Waals surface area contributed by atoms with Gasteiger partial charge in [-0.1, -0.05) is 60.8 Å². The number of unbranched alkanes of at least 4 members (excludes halogenated alkanes) is 2. The van der Waals surface area contributed by atoms with Crippen LogP contribution in [0.5, 0.6) is 0 Å². The van der Waals surface area contributed by atoms with E-state index in [0.29, 0.717) is 12.5 Å². The number of hydrogen-bond acceptors (Lipinski definition) is 3. The summed E-state index contributed by atoms with van der Waals surface area (Å²) in [5.74, 6) is 0.947. The molecule has 0 aliphatic rings. The predicted octanol–water partition coefficient (Wildman–Crippen LogP) is 5.41. The van der Waals surface area contributed by atoms with Crippen molar-refractivity contribution in [3.63, 3.8) is 0 Å². The number of phosphoric acid groups is 1. The molecule has 0 amide bonds. The third-order valence-electron chi connectivity index (χ3n) is 3.16. The molecule has 21 heavy (non-hydrogen) atoms. The quantitative estimate of drug-likeness (QED) is 0.408. The summed E-state index contributed by atoms with van der Waals surface area (Å²) >= 11 is 0. The van der Waals surface area contributed by atoms with Crippen molar-refractivity contribution in [3.8, 4) is 0 Å². The average Bonchev–Trinajstić information content (AvgIpc) is 2.29. The molecule has 4 nitrogen and oxygen atoms in total. The van der Waals surface area contributed by atoms with Gasteiger partial charge in [-0.25, -0.2) is 4.57 Å². The second kappa shape index (κ2) is 9.99. The van der Waals surface area contributed by atoms with E-state index in [9.17, 15) is 9.46 Å². The van der Waals surface area contributed by atoms with E-state index >= 15 is 0 Å². The lowest BCUT2D eigenvalue weighted by atomic mass is 9.86. The van der Waals surface area contributed by atoms with E-state index in [1.54, 1.807) is 0 Å². The first-order valence-corrected chi connectivity index (χ1v) is 9.63. The predicted molar refractivity (Wildman–Crippen MR) is 88.3 cm³/mol. The van der Waals surface area contributed by atoms with Gasteiger partial charge in [-0.15, -0.1) is 0 Å². The largest absolute Gasteiger partial charge is 0.472 e. The standard InChI is InChI=1S/C16H35O4P/c1-14(2)10-8-7-9-11-19-21(17,18)20-13-15(3)12-16(4,5)6/h14-15H,7-13H2,1-6H3,(H,17,18). The van der Waals surface area contributed by atoms with Crippen molar-refractivity contribution in [2.75, 3.05) is 13.2 Å². The van der Waals surface area contributed by atoms with Crippen molar-refractivity contribution in [2.24, 2.45) is 17.3 Å². The highest BCUT2D eigenvalue weighted by atomic mass is 31.2. The number of hydrogen-bond donors (Lipinski definition) is 1. The normalized spacial score (nSPS) is 17.0. The summed E-state index contributed by atoms with van der Waals surface area (Å²) < 4.78 is 21.8. The Balaban J connectivity index is 3.76. The maximum atomic E-state index is 11.7. The van der Waals surface area contributed by atoms with Gasteiger partial charge < -0.3 is 4.89 Å². The van der Waals surface area contributed by atoms with E-state index in [4.69, 9.17) is 9.05 Å². The fourth-order valence-corrected chi connectivity index (χ4v) is 3.25. The molecule has 0 fully saturated rings. The number of rotatable bonds is 11. The molecule has 0 rings (SSSR count). The summed E-state index contributed by atoms with van der Waals surface area (Å²) in [6, 6.07) is 0. The molecular weight excluding hydrogens is 287 g/mol. The van der Waals surface area contributed by atoms with Gasteiger partial charge in [0.1, 0.15) is 0 Å². The van der Waals surface area contributed by atoms with Crippen LogP contribution >= 0.6 is 7.82 Å². The molecule has 0 radical (unpaired) electrons. The minimum Gasteiger partial charge on any atom is -0.302 e. The van der Waals surface area contributed by atoms with Gasteiger partial charge >= 0.3 is 7.82 Å². The lowest BCUT2D eigenvalue weighted by Crippen LogP contribution is -2.15. The van der Waals surface area contributed by atoms with Crippen LogP contribution in [0.15, 0.2) is 0 Å². The summed E-state index contributed by atoms with van der Waals surface area (Å²) in [7, 11) is -3.88. The summed E-state index contributed by atoms with van der Waals surface area (Å²) in [5.41, 5.74) is 0.194. The van der Waals surface area contributed by atoms with Crippen LogP contribution in [0.4, 0.5) is 0 Å². The van der Waals surface area contributed by atoms with E-state index in [1.807, 2.05) is 6.92 Å². The van der Waals surface area contributed by atoms with E-state index in [-0.39, 0.29) is 17.9 Å². The van der Waals surface area contributed by atoms with Gasteiger partial charge in [-0.05, 0) is 30.1 Å². The summed E-state index contributed by atoms with van der Waals surface area (Å²) in [5, 5.41) is 0. The summed E-state index contributed by atoms with van der Waals surface area (Å²) in [6.45, 7) is 13.4. The highest BCUT2D eigenvalue weighted by molar-refractivity contribution is 7.47. The molecule has 1 N–H and O–H groups in total. The monoisotopic (exact) mass is 322 g/mol. The van der Waals surface area contributed by atoms with Crippen LogP contribution in [0, 0.1) is 17.3 Å². The third-order valence-corrected chi connectivity index (χ3v) is 4.15. The summed E-state index contributed by atoms with van der Waals surface area (Å²) in [6.07, 6.45) is 5.11. The van der Waals surface area contributed by atoms with Crippen LogP contribution in [0.3, 0.4) is 0 Å². The molecule has 0 saturated heterocycles. The molecule has 0 spiro atoms. The molecule has 2 atom stereocenters. The Hall–Kier alpha value is 0.110. The Bertz CT molecular complexity index is 310. The molecule has 0 bridgehead atoms. The molecule has 0 aromatic heterocycles. The summed E-state index contributed by atoms with van der Waals surface area (Å²) in [4.78, 5) is 9.62. The van der Waals surface area contributed by atoms with Gasteiger partial charge in [0.25, 0.3) is 0 Å². The first kappa shape index (κ1) is 21.1. The second-order valence-corrected chi connectivity index (χ2v) is 9.16. The van der Waals surface area contributed by atoms with Crippen LogP contribution in [0.25, 0.3) is 0 Å². The van der Waals surface area contributed by atoms with Crippen molar-refractivity contribution in [1.29, 1.82) is 0 Å². The zero-order valence-electron chi connectivity index (χ0n) is 14.7. The molecule has 0 aromatic carbocycles. The van der Waals surface area contributed by atoms with Gasteiger partial charge in [-0.3, -0.25) is 9.05 Å². The topological polar surface area (TPSA) is 55.8 Å². The first-order valence-electron chi connectivity index (χ1n) is 8.14. The zero-order chi connectivity index (χ0) is 16.5. The second-order valence-electron chi connectivity index (χ2n) is 7.71. The molecule has 2 unspecified atom stereocenters. The van der Waals surface area contributed by atoms with E-state index in [1.165, 1.54) is 6.42 Å². The minimum atomic E-state index is -3.88. The van der Waals surface area contributed by atoms with E-state index in [2.05, 4.69) is 34.6 Å². The molecule has 0 aliphatic carbocycles. The van der Waals surface area contributed by atoms with Crippen molar-refractivity contribution >= 4 is 7.82 Å². The minimum absolute atomic E-state index is 0.194. The van der Waals surface area contributed by atoms with Crippen LogP contribution in [0.1, 0.15) is 73.6 Å². The van der Waals surface area contributed by atoms with Gasteiger partial charge in [0, 0.05) is 0 Å². The van der Waals surface area contributed by atoms with Gasteiger partial charge in [-0.2, -0.15) is 0 Å². The van der Waals surface area contributed by atoms with Gasteiger partial charge in [0.2, 0.25) is 0 Å². The van der Waals surface area contributed by atoms with E-state index in [0.717, 1.165) is 25.7 Å². The molecule has 0 saturated carbocycles. The maximum absolute atomic E-state index is 11.7. The Morgan fingerprint density at radius 3 is 2.19 bits per heavy atom. The fourth-order valence-electron chi connectivity index (χ4n) is 2.37. The first-order chi connectivity index (χ1) is 9.52. The highest BCUT2D eigenvalue weighted by Gasteiger charge is 2.23. The Kier molecular flexibility index (Phi) is 10.0. The smallest absolute Gasteiger partial charge is 0.302 e. The molecule has 0 aliphatic heterocycles. The molecule has 128 valence electrons. The highest BCUT2D eigenvalue weighted by Crippen LogP contribution is 2.44. The molecule has 0 heterocycles. The third kappa shape index (κ3) is 14.8. The number of phosphoric ester groups is 1.